The molecule has 2 heterocycles. The van der Waals surface area contributed by atoms with E-state index in [1.165, 1.54) is 12.1 Å². The lowest BCUT2D eigenvalue weighted by molar-refractivity contribution is -0.0438. The molecule has 1 aliphatic rings. The van der Waals surface area contributed by atoms with Crippen LogP contribution >= 0.6 is 0 Å². The van der Waals surface area contributed by atoms with Gasteiger partial charge < -0.3 is 19.5 Å². The van der Waals surface area contributed by atoms with Gasteiger partial charge in [0.05, 0.1) is 6.61 Å². The Balaban J connectivity index is 1.60. The van der Waals surface area contributed by atoms with E-state index in [4.69, 9.17) is 14.2 Å². The van der Waals surface area contributed by atoms with E-state index < -0.39 is 0 Å². The van der Waals surface area contributed by atoms with Crippen LogP contribution in [0.1, 0.15) is 11.7 Å². The third-order valence-corrected chi connectivity index (χ3v) is 4.44. The second-order valence-corrected chi connectivity index (χ2v) is 6.43. The summed E-state index contributed by atoms with van der Waals surface area (Å²) in [5.74, 6) is 0.974. The maximum atomic E-state index is 13.2. The van der Waals surface area contributed by atoms with Crippen molar-refractivity contribution in [3.63, 3.8) is 0 Å². The normalized spacial score (nSPS) is 17.7. The third-order valence-electron chi connectivity index (χ3n) is 4.44. The van der Waals surface area contributed by atoms with Crippen molar-refractivity contribution >= 4 is 0 Å². The summed E-state index contributed by atoms with van der Waals surface area (Å²) < 4.78 is 31.3. The van der Waals surface area contributed by atoms with Gasteiger partial charge in [-0.25, -0.2) is 9.37 Å². The zero-order valence-electron chi connectivity index (χ0n) is 15.3. The smallest absolute Gasteiger partial charge is 0.262 e. The molecule has 144 valence electrons. The summed E-state index contributed by atoms with van der Waals surface area (Å²) in [5.41, 5.74) is 1.01. The molecule has 0 saturated carbocycles. The van der Waals surface area contributed by atoms with Crippen molar-refractivity contribution in [1.29, 1.82) is 0 Å². The number of nitrogens with zero attached hydrogens (tertiary/aromatic N) is 1. The Kier molecular flexibility index (Phi) is 5.80. The van der Waals surface area contributed by atoms with E-state index in [2.05, 4.69) is 10.3 Å². The van der Waals surface area contributed by atoms with Crippen molar-refractivity contribution in [2.75, 3.05) is 19.7 Å². The number of morpholine rings is 1. The van der Waals surface area contributed by atoms with Crippen molar-refractivity contribution in [3.05, 3.63) is 84.3 Å². The fourth-order valence-corrected chi connectivity index (χ4v) is 3.07. The minimum Gasteiger partial charge on any atom is -0.477 e. The SMILES string of the molecule is Fc1ccc(Oc2ncccc2OC(c2ccccc2)[C@@H]2CNCCO2)cc1. The Morgan fingerprint density at radius 2 is 1.86 bits per heavy atom. The van der Waals surface area contributed by atoms with Crippen LogP contribution in [0.3, 0.4) is 0 Å². The highest BCUT2D eigenvalue weighted by molar-refractivity contribution is 5.38. The fourth-order valence-electron chi connectivity index (χ4n) is 3.07. The summed E-state index contributed by atoms with van der Waals surface area (Å²) in [6.07, 6.45) is 1.16. The van der Waals surface area contributed by atoms with Gasteiger partial charge in [0.15, 0.2) is 11.9 Å². The monoisotopic (exact) mass is 380 g/mol. The number of ether oxygens (including phenoxy) is 3. The van der Waals surface area contributed by atoms with E-state index in [1.807, 2.05) is 30.3 Å². The lowest BCUT2D eigenvalue weighted by Crippen LogP contribution is -2.43. The number of benzene rings is 2. The molecule has 28 heavy (non-hydrogen) atoms. The van der Waals surface area contributed by atoms with E-state index in [1.54, 1.807) is 30.5 Å². The molecule has 3 aromatic rings. The maximum Gasteiger partial charge on any atom is 0.262 e. The summed E-state index contributed by atoms with van der Waals surface area (Å²) in [4.78, 5) is 4.29. The highest BCUT2D eigenvalue weighted by Gasteiger charge is 2.29. The van der Waals surface area contributed by atoms with E-state index in [9.17, 15) is 4.39 Å². The van der Waals surface area contributed by atoms with Crippen LogP contribution in [0.25, 0.3) is 0 Å². The number of rotatable bonds is 6. The van der Waals surface area contributed by atoms with Crippen molar-refractivity contribution < 1.29 is 18.6 Å². The Labute approximate surface area is 163 Å². The molecule has 2 aromatic carbocycles. The molecular formula is C22H21FN2O3. The molecule has 1 unspecified atom stereocenters. The molecule has 0 spiro atoms. The van der Waals surface area contributed by atoms with Crippen molar-refractivity contribution in [1.82, 2.24) is 10.3 Å². The van der Waals surface area contributed by atoms with Crippen LogP contribution in [-0.2, 0) is 4.74 Å². The van der Waals surface area contributed by atoms with E-state index >= 15 is 0 Å². The van der Waals surface area contributed by atoms with E-state index in [0.29, 0.717) is 30.5 Å². The van der Waals surface area contributed by atoms with Crippen LogP contribution in [0, 0.1) is 5.82 Å². The first-order valence-corrected chi connectivity index (χ1v) is 9.22. The molecule has 2 atom stereocenters. The summed E-state index contributed by atoms with van der Waals surface area (Å²) >= 11 is 0. The number of halogens is 1. The van der Waals surface area contributed by atoms with Gasteiger partial charge in [0.1, 0.15) is 17.7 Å². The average molecular weight is 380 g/mol. The Hall–Kier alpha value is -2.96. The molecule has 0 amide bonds. The molecule has 1 aromatic heterocycles. The molecule has 4 rings (SSSR count). The predicted molar refractivity (Wildman–Crippen MR) is 103 cm³/mol. The van der Waals surface area contributed by atoms with Crippen LogP contribution in [-0.4, -0.2) is 30.8 Å². The zero-order valence-corrected chi connectivity index (χ0v) is 15.3. The van der Waals surface area contributed by atoms with Gasteiger partial charge in [-0.3, -0.25) is 0 Å². The van der Waals surface area contributed by atoms with Crippen molar-refractivity contribution in [2.24, 2.45) is 0 Å². The van der Waals surface area contributed by atoms with Crippen LogP contribution in [0.4, 0.5) is 4.39 Å². The molecule has 0 bridgehead atoms. The quantitative estimate of drug-likeness (QED) is 0.697. The highest BCUT2D eigenvalue weighted by Crippen LogP contribution is 2.34. The van der Waals surface area contributed by atoms with E-state index in [0.717, 1.165) is 12.1 Å². The molecule has 1 aliphatic heterocycles. The second kappa shape index (κ2) is 8.82. The minimum absolute atomic E-state index is 0.143. The average Bonchev–Trinajstić information content (AvgIpc) is 2.76. The second-order valence-electron chi connectivity index (χ2n) is 6.43. The number of hydrogen-bond acceptors (Lipinski definition) is 5. The van der Waals surface area contributed by atoms with Crippen LogP contribution in [0.2, 0.25) is 0 Å². The van der Waals surface area contributed by atoms with Gasteiger partial charge in [-0.05, 0) is 42.0 Å². The summed E-state index contributed by atoms with van der Waals surface area (Å²) in [6.45, 7) is 2.14. The third kappa shape index (κ3) is 4.47. The topological polar surface area (TPSA) is 52.6 Å². The number of hydrogen-bond donors (Lipinski definition) is 1. The highest BCUT2D eigenvalue weighted by atomic mass is 19.1. The fraction of sp³-hybridized carbons (Fsp3) is 0.227. The zero-order chi connectivity index (χ0) is 19.2. The molecule has 1 N–H and O–H groups in total. The maximum absolute atomic E-state index is 13.2. The lowest BCUT2D eigenvalue weighted by atomic mass is 10.0. The van der Waals surface area contributed by atoms with Crippen molar-refractivity contribution in [3.8, 4) is 17.4 Å². The van der Waals surface area contributed by atoms with Gasteiger partial charge in [-0.1, -0.05) is 30.3 Å². The largest absolute Gasteiger partial charge is 0.477 e. The van der Waals surface area contributed by atoms with Gasteiger partial charge >= 0.3 is 0 Å². The Morgan fingerprint density at radius 3 is 2.61 bits per heavy atom. The summed E-state index contributed by atoms with van der Waals surface area (Å²) in [5, 5.41) is 3.34. The van der Waals surface area contributed by atoms with Crippen LogP contribution in [0.15, 0.2) is 72.9 Å². The first-order chi connectivity index (χ1) is 13.8. The molecular weight excluding hydrogens is 359 g/mol. The predicted octanol–water partition coefficient (Wildman–Crippen LogP) is 4.12. The number of aromatic nitrogens is 1. The number of nitrogens with one attached hydrogen (secondary N) is 1. The summed E-state index contributed by atoms with van der Waals surface area (Å²) in [6, 6.07) is 19.3. The molecule has 0 radical (unpaired) electrons. The standard InChI is InChI=1S/C22H21FN2O3/c23-17-8-10-18(11-9-17)27-22-19(7-4-12-25-22)28-21(16-5-2-1-3-6-16)20-15-24-13-14-26-20/h1-12,20-21,24H,13-15H2/t20-,21?/m0/s1. The van der Waals surface area contributed by atoms with Gasteiger partial charge in [0, 0.05) is 19.3 Å². The van der Waals surface area contributed by atoms with Gasteiger partial charge in [-0.2, -0.15) is 0 Å². The van der Waals surface area contributed by atoms with Crippen LogP contribution in [0.5, 0.6) is 17.4 Å². The molecule has 6 heteroatoms. The first-order valence-electron chi connectivity index (χ1n) is 9.22. The molecule has 0 aliphatic carbocycles. The van der Waals surface area contributed by atoms with Gasteiger partial charge in [0.25, 0.3) is 5.88 Å². The summed E-state index contributed by atoms with van der Waals surface area (Å²) in [7, 11) is 0. The molecule has 1 fully saturated rings. The Bertz CT molecular complexity index is 884. The van der Waals surface area contributed by atoms with Gasteiger partial charge in [0.2, 0.25) is 0 Å². The number of pyridine rings is 1. The van der Waals surface area contributed by atoms with Crippen molar-refractivity contribution in [2.45, 2.75) is 12.2 Å². The Morgan fingerprint density at radius 1 is 1.04 bits per heavy atom. The molecule has 1 saturated heterocycles. The minimum atomic E-state index is -0.325. The van der Waals surface area contributed by atoms with Gasteiger partial charge in [-0.15, -0.1) is 0 Å². The lowest BCUT2D eigenvalue weighted by Gasteiger charge is -2.31. The van der Waals surface area contributed by atoms with E-state index in [-0.39, 0.29) is 18.0 Å². The molecule has 5 nitrogen and oxygen atoms in total. The van der Waals surface area contributed by atoms with Crippen LogP contribution < -0.4 is 14.8 Å². The first kappa shape index (κ1) is 18.4.